The highest BCUT2D eigenvalue weighted by Gasteiger charge is 2.19. The van der Waals surface area contributed by atoms with Gasteiger partial charge in [0.25, 0.3) is 0 Å². The SMILES string of the molecule is COc1ccc(F)cc1-c1ccc(CN2CCc3nc(C(C)C)ncc3C2)cn1. The number of aromatic nitrogens is 3. The zero-order chi connectivity index (χ0) is 20.4. The quantitative estimate of drug-likeness (QED) is 0.645. The van der Waals surface area contributed by atoms with Crippen LogP contribution in [0.3, 0.4) is 0 Å². The van der Waals surface area contributed by atoms with Gasteiger partial charge in [0.2, 0.25) is 0 Å². The van der Waals surface area contributed by atoms with Crippen LogP contribution in [0.15, 0.2) is 42.7 Å². The summed E-state index contributed by atoms with van der Waals surface area (Å²) in [6.45, 7) is 6.84. The number of nitrogens with zero attached hydrogens (tertiary/aromatic N) is 4. The zero-order valence-corrected chi connectivity index (χ0v) is 17.0. The van der Waals surface area contributed by atoms with E-state index in [4.69, 9.17) is 9.72 Å². The minimum absolute atomic E-state index is 0.304. The van der Waals surface area contributed by atoms with Crippen molar-refractivity contribution in [1.82, 2.24) is 19.9 Å². The Balaban J connectivity index is 1.47. The van der Waals surface area contributed by atoms with Gasteiger partial charge < -0.3 is 4.74 Å². The lowest BCUT2D eigenvalue weighted by molar-refractivity contribution is 0.242. The molecule has 0 saturated carbocycles. The molecule has 0 N–H and O–H groups in total. The van der Waals surface area contributed by atoms with E-state index in [-0.39, 0.29) is 5.82 Å². The summed E-state index contributed by atoms with van der Waals surface area (Å²) in [5.41, 5.74) is 4.85. The van der Waals surface area contributed by atoms with Crippen LogP contribution in [0, 0.1) is 5.82 Å². The molecule has 3 heterocycles. The van der Waals surface area contributed by atoms with Gasteiger partial charge in [-0.15, -0.1) is 0 Å². The molecule has 0 radical (unpaired) electrons. The van der Waals surface area contributed by atoms with Crippen molar-refractivity contribution >= 4 is 0 Å². The fourth-order valence-corrected chi connectivity index (χ4v) is 3.62. The Bertz CT molecular complexity index is 1000. The van der Waals surface area contributed by atoms with Crippen LogP contribution in [0.5, 0.6) is 5.75 Å². The van der Waals surface area contributed by atoms with E-state index in [1.165, 1.54) is 23.4 Å². The average Bonchev–Trinajstić information content (AvgIpc) is 2.74. The summed E-state index contributed by atoms with van der Waals surface area (Å²) >= 11 is 0. The number of ether oxygens (including phenoxy) is 1. The highest BCUT2D eigenvalue weighted by atomic mass is 19.1. The third-order valence-electron chi connectivity index (χ3n) is 5.22. The number of benzene rings is 1. The smallest absolute Gasteiger partial charge is 0.131 e. The molecule has 0 aliphatic carbocycles. The minimum Gasteiger partial charge on any atom is -0.496 e. The van der Waals surface area contributed by atoms with Crippen molar-refractivity contribution in [2.24, 2.45) is 0 Å². The summed E-state index contributed by atoms with van der Waals surface area (Å²) in [6, 6.07) is 8.42. The van der Waals surface area contributed by atoms with Gasteiger partial charge in [0.05, 0.1) is 12.8 Å². The number of rotatable bonds is 5. The molecular weight excluding hydrogens is 367 g/mol. The molecule has 150 valence electrons. The Morgan fingerprint density at radius 3 is 2.72 bits per heavy atom. The molecule has 0 unspecified atom stereocenters. The minimum atomic E-state index is -0.304. The van der Waals surface area contributed by atoms with Crippen molar-refractivity contribution < 1.29 is 9.13 Å². The summed E-state index contributed by atoms with van der Waals surface area (Å²) in [4.78, 5) is 16.2. The Labute approximate surface area is 170 Å². The van der Waals surface area contributed by atoms with Gasteiger partial charge in [-0.3, -0.25) is 9.88 Å². The van der Waals surface area contributed by atoms with Crippen molar-refractivity contribution in [2.45, 2.75) is 39.3 Å². The van der Waals surface area contributed by atoms with E-state index in [1.807, 2.05) is 24.5 Å². The van der Waals surface area contributed by atoms with E-state index >= 15 is 0 Å². The van der Waals surface area contributed by atoms with Crippen LogP contribution in [0.25, 0.3) is 11.3 Å². The van der Waals surface area contributed by atoms with Crippen LogP contribution in [0.2, 0.25) is 0 Å². The molecule has 0 amide bonds. The lowest BCUT2D eigenvalue weighted by Crippen LogP contribution is -2.31. The summed E-state index contributed by atoms with van der Waals surface area (Å²) in [7, 11) is 1.58. The van der Waals surface area contributed by atoms with Gasteiger partial charge >= 0.3 is 0 Å². The molecule has 0 fully saturated rings. The second-order valence-electron chi connectivity index (χ2n) is 7.71. The molecule has 0 atom stereocenters. The van der Waals surface area contributed by atoms with E-state index in [1.54, 1.807) is 13.2 Å². The zero-order valence-electron chi connectivity index (χ0n) is 17.0. The van der Waals surface area contributed by atoms with E-state index < -0.39 is 0 Å². The molecular formula is C23H25FN4O. The average molecular weight is 392 g/mol. The van der Waals surface area contributed by atoms with Gasteiger partial charge in [-0.1, -0.05) is 19.9 Å². The normalized spacial score (nSPS) is 14.1. The number of fused-ring (bicyclic) bond motifs is 1. The summed E-state index contributed by atoms with van der Waals surface area (Å²) in [5, 5.41) is 0. The molecule has 5 nitrogen and oxygen atoms in total. The number of hydrogen-bond acceptors (Lipinski definition) is 5. The number of halogens is 1. The third-order valence-corrected chi connectivity index (χ3v) is 5.22. The van der Waals surface area contributed by atoms with E-state index in [2.05, 4.69) is 28.7 Å². The standard InChI is InChI=1S/C23H25FN4O/c1-15(2)23-26-12-17-14-28(9-8-20(17)27-23)13-16-4-6-21(25-11-16)19-10-18(24)5-7-22(19)29-3/h4-7,10-12,15H,8-9,13-14H2,1-3H3. The van der Waals surface area contributed by atoms with Gasteiger partial charge in [0.1, 0.15) is 17.4 Å². The molecule has 2 aromatic heterocycles. The lowest BCUT2D eigenvalue weighted by atomic mass is 10.1. The van der Waals surface area contributed by atoms with Crippen LogP contribution in [0.4, 0.5) is 4.39 Å². The Hall–Kier alpha value is -2.86. The van der Waals surface area contributed by atoms with Gasteiger partial charge in [-0.25, -0.2) is 14.4 Å². The van der Waals surface area contributed by atoms with Crippen LogP contribution in [-0.4, -0.2) is 33.5 Å². The fraction of sp³-hybridized carbons (Fsp3) is 0.348. The third kappa shape index (κ3) is 4.27. The van der Waals surface area contributed by atoms with Gasteiger partial charge in [0.15, 0.2) is 0 Å². The monoisotopic (exact) mass is 392 g/mol. The first kappa shape index (κ1) is 19.5. The largest absolute Gasteiger partial charge is 0.496 e. The molecule has 29 heavy (non-hydrogen) atoms. The summed E-state index contributed by atoms with van der Waals surface area (Å²) in [5.74, 6) is 1.57. The maximum absolute atomic E-state index is 13.6. The van der Waals surface area contributed by atoms with Crippen molar-refractivity contribution in [3.05, 3.63) is 71.2 Å². The molecule has 3 aromatic rings. The number of methoxy groups -OCH3 is 1. The van der Waals surface area contributed by atoms with Crippen LogP contribution in [0.1, 0.15) is 42.4 Å². The Kier molecular flexibility index (Phi) is 5.53. The molecule has 0 spiro atoms. The predicted molar refractivity (Wildman–Crippen MR) is 110 cm³/mol. The van der Waals surface area contributed by atoms with E-state index in [9.17, 15) is 4.39 Å². The van der Waals surface area contributed by atoms with E-state index in [0.717, 1.165) is 37.4 Å². The van der Waals surface area contributed by atoms with Crippen LogP contribution >= 0.6 is 0 Å². The summed E-state index contributed by atoms with van der Waals surface area (Å²) in [6.07, 6.45) is 4.76. The number of hydrogen-bond donors (Lipinski definition) is 0. The molecule has 0 bridgehead atoms. The maximum atomic E-state index is 13.6. The molecule has 4 rings (SSSR count). The van der Waals surface area contributed by atoms with E-state index in [0.29, 0.717) is 22.9 Å². The lowest BCUT2D eigenvalue weighted by Gasteiger charge is -2.28. The predicted octanol–water partition coefficient (Wildman–Crippen LogP) is 4.37. The first-order valence-corrected chi connectivity index (χ1v) is 9.89. The van der Waals surface area contributed by atoms with Crippen molar-refractivity contribution in [2.75, 3.05) is 13.7 Å². The summed E-state index contributed by atoms with van der Waals surface area (Å²) < 4.78 is 19.0. The molecule has 1 aliphatic heterocycles. The highest BCUT2D eigenvalue weighted by molar-refractivity contribution is 5.67. The van der Waals surface area contributed by atoms with Crippen molar-refractivity contribution in [1.29, 1.82) is 0 Å². The second-order valence-corrected chi connectivity index (χ2v) is 7.71. The maximum Gasteiger partial charge on any atom is 0.131 e. The molecule has 1 aliphatic rings. The molecule has 1 aromatic carbocycles. The topological polar surface area (TPSA) is 51.1 Å². The van der Waals surface area contributed by atoms with Crippen LogP contribution < -0.4 is 4.74 Å². The highest BCUT2D eigenvalue weighted by Crippen LogP contribution is 2.29. The Morgan fingerprint density at radius 2 is 2.00 bits per heavy atom. The van der Waals surface area contributed by atoms with Gasteiger partial charge in [-0.05, 0) is 29.8 Å². The molecule has 0 saturated heterocycles. The molecule has 6 heteroatoms. The van der Waals surface area contributed by atoms with Crippen molar-refractivity contribution in [3.8, 4) is 17.0 Å². The fourth-order valence-electron chi connectivity index (χ4n) is 3.62. The Morgan fingerprint density at radius 1 is 1.14 bits per heavy atom. The first-order valence-electron chi connectivity index (χ1n) is 9.89. The first-order chi connectivity index (χ1) is 14.0. The van der Waals surface area contributed by atoms with Crippen molar-refractivity contribution in [3.63, 3.8) is 0 Å². The number of pyridine rings is 1. The second kappa shape index (κ2) is 8.25. The van der Waals surface area contributed by atoms with Gasteiger partial charge in [-0.2, -0.15) is 0 Å². The van der Waals surface area contributed by atoms with Crippen LogP contribution in [-0.2, 0) is 19.5 Å². The van der Waals surface area contributed by atoms with Gasteiger partial charge in [0, 0.05) is 61.2 Å².